The van der Waals surface area contributed by atoms with Crippen LogP contribution in [0, 0.1) is 11.7 Å². The predicted molar refractivity (Wildman–Crippen MR) is 90.2 cm³/mol. The highest BCUT2D eigenvalue weighted by molar-refractivity contribution is 7.13. The fraction of sp³-hybridized carbons (Fsp3) is 0.353. The fourth-order valence-corrected chi connectivity index (χ4v) is 3.10. The SMILES string of the molecule is CC(C)C[C@H](NC(=O)Cc1csc(-c2ccccc2F)n1)C(=O)O. The molecule has 1 aromatic heterocycles. The molecule has 0 spiro atoms. The molecular formula is C17H19FN2O3S. The van der Waals surface area contributed by atoms with Gasteiger partial charge in [-0.2, -0.15) is 0 Å². The number of hydrogen-bond donors (Lipinski definition) is 2. The van der Waals surface area contributed by atoms with Crippen LogP contribution in [0.2, 0.25) is 0 Å². The summed E-state index contributed by atoms with van der Waals surface area (Å²) in [6, 6.07) is 5.38. The van der Waals surface area contributed by atoms with Crippen LogP contribution in [0.4, 0.5) is 4.39 Å². The molecule has 0 radical (unpaired) electrons. The van der Waals surface area contributed by atoms with Crippen molar-refractivity contribution in [3.8, 4) is 10.6 Å². The zero-order valence-electron chi connectivity index (χ0n) is 13.5. The number of aromatic nitrogens is 1. The van der Waals surface area contributed by atoms with E-state index in [-0.39, 0.29) is 18.2 Å². The number of carbonyl (C=O) groups excluding carboxylic acids is 1. The Labute approximate surface area is 143 Å². The Bertz CT molecular complexity index is 730. The van der Waals surface area contributed by atoms with Gasteiger partial charge in [0.1, 0.15) is 16.9 Å². The van der Waals surface area contributed by atoms with Gasteiger partial charge in [-0.05, 0) is 24.5 Å². The quantitative estimate of drug-likeness (QED) is 0.804. The minimum atomic E-state index is -1.05. The third-order valence-corrected chi connectivity index (χ3v) is 4.26. The number of benzene rings is 1. The van der Waals surface area contributed by atoms with E-state index >= 15 is 0 Å². The van der Waals surface area contributed by atoms with E-state index in [2.05, 4.69) is 10.3 Å². The number of hydrogen-bond acceptors (Lipinski definition) is 4. The maximum absolute atomic E-state index is 13.8. The average molecular weight is 350 g/mol. The molecule has 0 fully saturated rings. The maximum atomic E-state index is 13.8. The minimum Gasteiger partial charge on any atom is -0.480 e. The molecule has 2 rings (SSSR count). The number of halogens is 1. The lowest BCUT2D eigenvalue weighted by atomic mass is 10.0. The van der Waals surface area contributed by atoms with Gasteiger partial charge in [0.15, 0.2) is 0 Å². The van der Waals surface area contributed by atoms with Gasteiger partial charge in [-0.1, -0.05) is 26.0 Å². The number of amides is 1. The van der Waals surface area contributed by atoms with Gasteiger partial charge < -0.3 is 10.4 Å². The van der Waals surface area contributed by atoms with Crippen molar-refractivity contribution in [3.05, 3.63) is 41.2 Å². The van der Waals surface area contributed by atoms with Gasteiger partial charge in [-0.25, -0.2) is 14.2 Å². The maximum Gasteiger partial charge on any atom is 0.326 e. The molecule has 0 unspecified atom stereocenters. The highest BCUT2D eigenvalue weighted by Crippen LogP contribution is 2.26. The zero-order valence-corrected chi connectivity index (χ0v) is 14.3. The van der Waals surface area contributed by atoms with Crippen molar-refractivity contribution in [2.45, 2.75) is 32.7 Å². The van der Waals surface area contributed by atoms with E-state index in [1.54, 1.807) is 23.6 Å². The van der Waals surface area contributed by atoms with Crippen LogP contribution in [0.25, 0.3) is 10.6 Å². The third kappa shape index (κ3) is 4.86. The Balaban J connectivity index is 2.02. The highest BCUT2D eigenvalue weighted by Gasteiger charge is 2.21. The van der Waals surface area contributed by atoms with Gasteiger partial charge in [0.05, 0.1) is 12.1 Å². The lowest BCUT2D eigenvalue weighted by molar-refractivity contribution is -0.142. The molecule has 0 bridgehead atoms. The molecule has 0 aliphatic carbocycles. The van der Waals surface area contributed by atoms with E-state index < -0.39 is 17.9 Å². The van der Waals surface area contributed by atoms with E-state index in [1.165, 1.54) is 17.4 Å². The summed E-state index contributed by atoms with van der Waals surface area (Å²) in [6.07, 6.45) is 0.325. The Kier molecular flexibility index (Phi) is 6.03. The lowest BCUT2D eigenvalue weighted by Crippen LogP contribution is -2.42. The van der Waals surface area contributed by atoms with Crippen LogP contribution in [-0.4, -0.2) is 28.0 Å². The molecule has 1 heterocycles. The number of aliphatic carboxylic acids is 1. The summed E-state index contributed by atoms with van der Waals surface area (Å²) in [5, 5.41) is 13.8. The zero-order chi connectivity index (χ0) is 17.7. The Morgan fingerprint density at radius 3 is 2.67 bits per heavy atom. The largest absolute Gasteiger partial charge is 0.480 e. The molecule has 0 aliphatic rings. The minimum absolute atomic E-state index is 0.0349. The van der Waals surface area contributed by atoms with Crippen molar-refractivity contribution in [3.63, 3.8) is 0 Å². The van der Waals surface area contributed by atoms with Crippen LogP contribution < -0.4 is 5.32 Å². The van der Waals surface area contributed by atoms with E-state index in [4.69, 9.17) is 5.11 Å². The van der Waals surface area contributed by atoms with Crippen molar-refractivity contribution in [2.24, 2.45) is 5.92 Å². The highest BCUT2D eigenvalue weighted by atomic mass is 32.1. The van der Waals surface area contributed by atoms with Crippen molar-refractivity contribution in [2.75, 3.05) is 0 Å². The van der Waals surface area contributed by atoms with E-state index in [0.717, 1.165) is 0 Å². The molecule has 2 aromatic rings. The topological polar surface area (TPSA) is 79.3 Å². The number of rotatable bonds is 7. The molecular weight excluding hydrogens is 331 g/mol. The van der Waals surface area contributed by atoms with Crippen LogP contribution >= 0.6 is 11.3 Å². The van der Waals surface area contributed by atoms with E-state index in [0.29, 0.717) is 22.7 Å². The van der Waals surface area contributed by atoms with Gasteiger partial charge in [0.2, 0.25) is 5.91 Å². The van der Waals surface area contributed by atoms with Crippen LogP contribution in [0.15, 0.2) is 29.6 Å². The smallest absolute Gasteiger partial charge is 0.326 e. The molecule has 0 saturated heterocycles. The first-order valence-electron chi connectivity index (χ1n) is 7.58. The molecule has 0 aliphatic heterocycles. The Morgan fingerprint density at radius 2 is 2.04 bits per heavy atom. The summed E-state index contributed by atoms with van der Waals surface area (Å²) in [4.78, 5) is 27.5. The van der Waals surface area contributed by atoms with Gasteiger partial charge in [0, 0.05) is 10.9 Å². The number of nitrogens with one attached hydrogen (secondary N) is 1. The fourth-order valence-electron chi connectivity index (χ4n) is 2.25. The Morgan fingerprint density at radius 1 is 1.33 bits per heavy atom. The van der Waals surface area contributed by atoms with Crippen molar-refractivity contribution < 1.29 is 19.1 Å². The third-order valence-electron chi connectivity index (χ3n) is 3.34. The summed E-state index contributed by atoms with van der Waals surface area (Å²) >= 11 is 1.25. The number of thiazole rings is 1. The predicted octanol–water partition coefficient (Wildman–Crippen LogP) is 3.11. The Hall–Kier alpha value is -2.28. The van der Waals surface area contributed by atoms with Crippen molar-refractivity contribution in [1.82, 2.24) is 10.3 Å². The first kappa shape index (κ1) is 18.1. The molecule has 128 valence electrons. The van der Waals surface area contributed by atoms with Gasteiger partial charge in [-0.15, -0.1) is 11.3 Å². The second kappa shape index (κ2) is 8.01. The van der Waals surface area contributed by atoms with E-state index in [9.17, 15) is 14.0 Å². The summed E-state index contributed by atoms with van der Waals surface area (Å²) < 4.78 is 13.8. The standard InChI is InChI=1S/C17H19FN2O3S/c1-10(2)7-14(17(22)23)20-15(21)8-11-9-24-16(19-11)12-5-3-4-6-13(12)18/h3-6,9-10,14H,7-8H2,1-2H3,(H,20,21)(H,22,23)/t14-/m0/s1. The van der Waals surface area contributed by atoms with Gasteiger partial charge in [-0.3, -0.25) is 4.79 Å². The van der Waals surface area contributed by atoms with Gasteiger partial charge >= 0.3 is 5.97 Å². The summed E-state index contributed by atoms with van der Waals surface area (Å²) in [5.41, 5.74) is 0.877. The first-order chi connectivity index (χ1) is 11.4. The molecule has 1 atom stereocenters. The van der Waals surface area contributed by atoms with Crippen molar-refractivity contribution >= 4 is 23.2 Å². The molecule has 0 saturated carbocycles. The molecule has 5 nitrogen and oxygen atoms in total. The molecule has 7 heteroatoms. The number of carboxylic acids is 1. The average Bonchev–Trinajstić information content (AvgIpc) is 2.94. The number of nitrogens with zero attached hydrogens (tertiary/aromatic N) is 1. The van der Waals surface area contributed by atoms with Crippen LogP contribution in [0.1, 0.15) is 26.0 Å². The van der Waals surface area contributed by atoms with Crippen LogP contribution in [-0.2, 0) is 16.0 Å². The monoisotopic (exact) mass is 350 g/mol. The number of carbonyl (C=O) groups is 2. The van der Waals surface area contributed by atoms with Crippen LogP contribution in [0.5, 0.6) is 0 Å². The number of carboxylic acid groups (broad SMARTS) is 1. The summed E-state index contributed by atoms with van der Waals surface area (Å²) in [6.45, 7) is 3.78. The molecule has 1 aromatic carbocycles. The summed E-state index contributed by atoms with van der Waals surface area (Å²) in [7, 11) is 0. The molecule has 2 N–H and O–H groups in total. The van der Waals surface area contributed by atoms with Crippen LogP contribution in [0.3, 0.4) is 0 Å². The second-order valence-corrected chi connectivity index (χ2v) is 6.75. The summed E-state index contributed by atoms with van der Waals surface area (Å²) in [5.74, 6) is -1.68. The second-order valence-electron chi connectivity index (χ2n) is 5.89. The lowest BCUT2D eigenvalue weighted by Gasteiger charge is -2.16. The molecule has 1 amide bonds. The normalized spacial score (nSPS) is 12.2. The van der Waals surface area contributed by atoms with E-state index in [1.807, 2.05) is 13.8 Å². The molecule has 24 heavy (non-hydrogen) atoms. The van der Waals surface area contributed by atoms with Crippen molar-refractivity contribution in [1.29, 1.82) is 0 Å². The first-order valence-corrected chi connectivity index (χ1v) is 8.46. The van der Waals surface area contributed by atoms with Gasteiger partial charge in [0.25, 0.3) is 0 Å².